The van der Waals surface area contributed by atoms with Crippen molar-refractivity contribution in [3.63, 3.8) is 0 Å². The molecule has 0 aliphatic rings. The van der Waals surface area contributed by atoms with E-state index in [-0.39, 0.29) is 6.10 Å². The highest BCUT2D eigenvalue weighted by Gasteiger charge is 2.08. The summed E-state index contributed by atoms with van der Waals surface area (Å²) < 4.78 is 0. The molecule has 0 heterocycles. The molecule has 2 nitrogen and oxygen atoms in total. The molecule has 3 heteroatoms. The van der Waals surface area contributed by atoms with Crippen LogP contribution in [-0.2, 0) is 0 Å². The third-order valence-electron chi connectivity index (χ3n) is 2.64. The first-order chi connectivity index (χ1) is 7.95. The van der Waals surface area contributed by atoms with Crippen molar-refractivity contribution in [1.29, 1.82) is 0 Å². The Labute approximate surface area is 112 Å². The van der Waals surface area contributed by atoms with E-state index in [1.54, 1.807) is 11.8 Å². The zero-order valence-corrected chi connectivity index (χ0v) is 12.6. The van der Waals surface area contributed by atoms with Crippen LogP contribution in [0.2, 0.25) is 0 Å². The first-order valence-corrected chi connectivity index (χ1v) is 7.87. The number of aliphatic hydroxyl groups excluding tert-OH is 1. The molecule has 1 radical (unpaired) electrons. The molecular weight excluding hydrogens is 230 g/mol. The summed E-state index contributed by atoms with van der Waals surface area (Å²) in [5.74, 6) is 0.967. The van der Waals surface area contributed by atoms with E-state index in [0.29, 0.717) is 5.41 Å². The molecule has 0 saturated heterocycles. The summed E-state index contributed by atoms with van der Waals surface area (Å²) in [4.78, 5) is 0. The van der Waals surface area contributed by atoms with Gasteiger partial charge in [-0.15, -0.1) is 0 Å². The molecule has 0 aliphatic carbocycles. The SMILES string of the molecule is [CH2]SCC[C@@H](O)CCCCCNCC(C)(C)C. The van der Waals surface area contributed by atoms with Crippen LogP contribution in [-0.4, -0.2) is 30.1 Å². The fraction of sp³-hybridized carbons (Fsp3) is 0.929. The number of aliphatic hydroxyl groups is 1. The van der Waals surface area contributed by atoms with Crippen LogP contribution in [0.15, 0.2) is 0 Å². The van der Waals surface area contributed by atoms with Gasteiger partial charge in [0.25, 0.3) is 0 Å². The molecule has 0 aromatic rings. The predicted octanol–water partition coefficient (Wildman–Crippen LogP) is 3.46. The van der Waals surface area contributed by atoms with Crippen molar-refractivity contribution in [3.05, 3.63) is 6.26 Å². The van der Waals surface area contributed by atoms with E-state index >= 15 is 0 Å². The summed E-state index contributed by atoms with van der Waals surface area (Å²) in [7, 11) is 0. The average Bonchev–Trinajstić information content (AvgIpc) is 2.23. The molecule has 0 fully saturated rings. The zero-order chi connectivity index (χ0) is 13.1. The van der Waals surface area contributed by atoms with Gasteiger partial charge in [-0.05, 0) is 43.5 Å². The largest absolute Gasteiger partial charge is 0.393 e. The number of hydrogen-bond acceptors (Lipinski definition) is 3. The lowest BCUT2D eigenvalue weighted by atomic mass is 9.97. The summed E-state index contributed by atoms with van der Waals surface area (Å²) in [6.45, 7) is 8.92. The molecular formula is C14H30NOS. The average molecular weight is 260 g/mol. The lowest BCUT2D eigenvalue weighted by Crippen LogP contribution is -2.27. The molecule has 2 N–H and O–H groups in total. The quantitative estimate of drug-likeness (QED) is 0.590. The van der Waals surface area contributed by atoms with Crippen LogP contribution in [0.3, 0.4) is 0 Å². The molecule has 0 aliphatic heterocycles. The highest BCUT2D eigenvalue weighted by molar-refractivity contribution is 8.00. The highest BCUT2D eigenvalue weighted by Crippen LogP contribution is 2.11. The van der Waals surface area contributed by atoms with Crippen molar-refractivity contribution in [2.24, 2.45) is 5.41 Å². The van der Waals surface area contributed by atoms with Crippen LogP contribution in [0.1, 0.15) is 52.9 Å². The van der Waals surface area contributed by atoms with Crippen LogP contribution in [0.25, 0.3) is 0 Å². The Bertz CT molecular complexity index is 168. The number of rotatable bonds is 10. The Morgan fingerprint density at radius 2 is 1.88 bits per heavy atom. The second kappa shape index (κ2) is 10.2. The lowest BCUT2D eigenvalue weighted by Gasteiger charge is -2.18. The fourth-order valence-electron chi connectivity index (χ4n) is 1.63. The van der Waals surface area contributed by atoms with Crippen LogP contribution in [0, 0.1) is 11.7 Å². The Hall–Kier alpha value is 0.270. The van der Waals surface area contributed by atoms with E-state index in [1.165, 1.54) is 12.8 Å². The molecule has 0 spiro atoms. The second-order valence-electron chi connectivity index (χ2n) is 5.94. The standard InChI is InChI=1S/C14H30NOS/c1-14(2,3)12-15-10-7-5-6-8-13(16)9-11-17-4/h13,15-16H,4-12H2,1-3H3/t13-/m0/s1. The summed E-state index contributed by atoms with van der Waals surface area (Å²) in [5, 5.41) is 13.1. The van der Waals surface area contributed by atoms with Crippen molar-refractivity contribution in [3.8, 4) is 0 Å². The van der Waals surface area contributed by atoms with Crippen molar-refractivity contribution in [1.82, 2.24) is 5.32 Å². The molecule has 0 saturated carbocycles. The molecule has 0 rings (SSSR count). The minimum absolute atomic E-state index is 0.119. The molecule has 0 unspecified atom stereocenters. The van der Waals surface area contributed by atoms with E-state index < -0.39 is 0 Å². The lowest BCUT2D eigenvalue weighted by molar-refractivity contribution is 0.158. The Balaban J connectivity index is 3.18. The zero-order valence-electron chi connectivity index (χ0n) is 11.8. The molecule has 0 aromatic heterocycles. The van der Waals surface area contributed by atoms with Gasteiger partial charge in [-0.2, -0.15) is 11.8 Å². The minimum atomic E-state index is -0.119. The molecule has 103 valence electrons. The van der Waals surface area contributed by atoms with E-state index in [9.17, 15) is 5.11 Å². The maximum atomic E-state index is 9.63. The van der Waals surface area contributed by atoms with Gasteiger partial charge >= 0.3 is 0 Å². The van der Waals surface area contributed by atoms with Crippen molar-refractivity contribution >= 4 is 11.8 Å². The van der Waals surface area contributed by atoms with Crippen molar-refractivity contribution in [2.45, 2.75) is 59.0 Å². The molecule has 17 heavy (non-hydrogen) atoms. The molecule has 0 aromatic carbocycles. The number of nitrogens with one attached hydrogen (secondary N) is 1. The third kappa shape index (κ3) is 14.2. The Morgan fingerprint density at radius 3 is 2.47 bits per heavy atom. The Morgan fingerprint density at radius 1 is 1.18 bits per heavy atom. The number of hydrogen-bond donors (Lipinski definition) is 2. The van der Waals surface area contributed by atoms with Crippen LogP contribution in [0.4, 0.5) is 0 Å². The summed E-state index contributed by atoms with van der Waals surface area (Å²) in [6.07, 6.45) is 8.98. The predicted molar refractivity (Wildman–Crippen MR) is 79.2 cm³/mol. The van der Waals surface area contributed by atoms with Gasteiger partial charge in [0.15, 0.2) is 0 Å². The van der Waals surface area contributed by atoms with Gasteiger partial charge in [-0.3, -0.25) is 0 Å². The number of unbranched alkanes of at least 4 members (excludes halogenated alkanes) is 2. The van der Waals surface area contributed by atoms with Crippen molar-refractivity contribution in [2.75, 3.05) is 18.8 Å². The van der Waals surface area contributed by atoms with Gasteiger partial charge in [-0.1, -0.05) is 33.6 Å². The molecule has 0 amide bonds. The van der Waals surface area contributed by atoms with E-state index in [0.717, 1.165) is 38.1 Å². The first-order valence-electron chi connectivity index (χ1n) is 6.71. The van der Waals surface area contributed by atoms with Crippen LogP contribution in [0.5, 0.6) is 0 Å². The summed E-state index contributed by atoms with van der Waals surface area (Å²) in [5.41, 5.74) is 0.377. The maximum Gasteiger partial charge on any atom is 0.0548 e. The van der Waals surface area contributed by atoms with Crippen molar-refractivity contribution < 1.29 is 5.11 Å². The first kappa shape index (κ1) is 17.3. The normalized spacial score (nSPS) is 13.9. The van der Waals surface area contributed by atoms with Crippen LogP contribution >= 0.6 is 11.8 Å². The van der Waals surface area contributed by atoms with E-state index in [4.69, 9.17) is 0 Å². The van der Waals surface area contributed by atoms with E-state index in [2.05, 4.69) is 32.3 Å². The number of thioether (sulfide) groups is 1. The molecule has 0 bridgehead atoms. The van der Waals surface area contributed by atoms with Crippen LogP contribution < -0.4 is 5.32 Å². The second-order valence-corrected chi connectivity index (χ2v) is 6.75. The van der Waals surface area contributed by atoms with Gasteiger partial charge in [0.2, 0.25) is 0 Å². The summed E-state index contributed by atoms with van der Waals surface area (Å²) in [6, 6.07) is 0. The molecule has 1 atom stereocenters. The van der Waals surface area contributed by atoms with Gasteiger partial charge in [0.1, 0.15) is 0 Å². The Kier molecular flexibility index (Phi) is 10.4. The minimum Gasteiger partial charge on any atom is -0.393 e. The van der Waals surface area contributed by atoms with Gasteiger partial charge in [0.05, 0.1) is 6.10 Å². The highest BCUT2D eigenvalue weighted by atomic mass is 32.2. The van der Waals surface area contributed by atoms with E-state index in [1.807, 2.05) is 0 Å². The van der Waals surface area contributed by atoms with Gasteiger partial charge in [0, 0.05) is 6.26 Å². The summed E-state index contributed by atoms with van der Waals surface area (Å²) >= 11 is 1.56. The maximum absolute atomic E-state index is 9.63. The topological polar surface area (TPSA) is 32.3 Å². The third-order valence-corrected chi connectivity index (χ3v) is 3.17. The smallest absolute Gasteiger partial charge is 0.0548 e. The van der Waals surface area contributed by atoms with Gasteiger partial charge < -0.3 is 10.4 Å². The van der Waals surface area contributed by atoms with Gasteiger partial charge in [-0.25, -0.2) is 0 Å². The fourth-order valence-corrected chi connectivity index (χ4v) is 2.07. The monoisotopic (exact) mass is 260 g/mol.